The molecule has 0 aliphatic carbocycles. The van der Waals surface area contributed by atoms with E-state index in [4.69, 9.17) is 38.4 Å². The Morgan fingerprint density at radius 3 is 2.62 bits per heavy atom. The molecule has 0 aromatic heterocycles. The first-order chi connectivity index (χ1) is 10.0. The lowest BCUT2D eigenvalue weighted by molar-refractivity contribution is 0.0527. The van der Waals surface area contributed by atoms with E-state index in [-0.39, 0.29) is 17.9 Å². The molecule has 4 nitrogen and oxygen atoms in total. The minimum atomic E-state index is -0.491. The summed E-state index contributed by atoms with van der Waals surface area (Å²) in [5, 5.41) is 0.798. The molecule has 0 bridgehead atoms. The number of halogens is 2. The van der Waals surface area contributed by atoms with E-state index in [1.165, 1.54) is 0 Å². The lowest BCUT2D eigenvalue weighted by Crippen LogP contribution is -2.08. The van der Waals surface area contributed by atoms with Crippen molar-refractivity contribution in [1.82, 2.24) is 0 Å². The first-order valence-corrected chi connectivity index (χ1v) is 6.97. The highest BCUT2D eigenvalue weighted by molar-refractivity contribution is 6.42. The number of esters is 1. The third-order valence-electron chi connectivity index (χ3n) is 2.68. The summed E-state index contributed by atoms with van der Waals surface area (Å²) in [6.45, 7) is 2.00. The van der Waals surface area contributed by atoms with Crippen molar-refractivity contribution in [3.05, 3.63) is 52.0 Å². The van der Waals surface area contributed by atoms with E-state index in [1.807, 2.05) is 0 Å². The molecule has 0 unspecified atom stereocenters. The molecular weight excluding hydrogens is 313 g/mol. The van der Waals surface area contributed by atoms with Crippen molar-refractivity contribution < 1.29 is 14.3 Å². The molecule has 2 rings (SSSR count). The summed E-state index contributed by atoms with van der Waals surface area (Å²) in [7, 11) is 0. The topological polar surface area (TPSA) is 61.5 Å². The molecule has 0 aliphatic rings. The van der Waals surface area contributed by atoms with Gasteiger partial charge in [-0.2, -0.15) is 0 Å². The minimum Gasteiger partial charge on any atom is -0.462 e. The number of ether oxygens (including phenoxy) is 2. The number of hydrogen-bond donors (Lipinski definition) is 1. The molecule has 21 heavy (non-hydrogen) atoms. The Hall–Kier alpha value is -1.91. The third kappa shape index (κ3) is 3.60. The van der Waals surface area contributed by atoms with Crippen LogP contribution in [0.25, 0.3) is 0 Å². The molecular formula is C15H13Cl2NO3. The summed E-state index contributed by atoms with van der Waals surface area (Å²) in [5.41, 5.74) is 6.41. The fourth-order valence-corrected chi connectivity index (χ4v) is 1.98. The largest absolute Gasteiger partial charge is 0.462 e. The molecule has 0 fully saturated rings. The number of hydrogen-bond acceptors (Lipinski definition) is 4. The van der Waals surface area contributed by atoms with Crippen molar-refractivity contribution in [3.63, 3.8) is 0 Å². The second-order valence-electron chi connectivity index (χ2n) is 4.12. The number of carbonyl (C=O) groups is 1. The Bertz CT molecular complexity index is 674. The van der Waals surface area contributed by atoms with E-state index in [9.17, 15) is 4.79 Å². The van der Waals surface area contributed by atoms with Crippen LogP contribution in [0.2, 0.25) is 10.0 Å². The van der Waals surface area contributed by atoms with Crippen LogP contribution in [0, 0.1) is 0 Å². The van der Waals surface area contributed by atoms with Gasteiger partial charge in [0.2, 0.25) is 0 Å². The van der Waals surface area contributed by atoms with Crippen LogP contribution < -0.4 is 10.5 Å². The van der Waals surface area contributed by atoms with Crippen molar-refractivity contribution in [1.29, 1.82) is 0 Å². The molecule has 0 atom stereocenters. The maximum atomic E-state index is 11.8. The summed E-state index contributed by atoms with van der Waals surface area (Å²) < 4.78 is 10.6. The van der Waals surface area contributed by atoms with Crippen LogP contribution in [0.15, 0.2) is 36.4 Å². The standard InChI is InChI=1S/C15H13Cl2NO3/c1-2-20-15(19)10-4-3-5-13(14(10)18)21-9-6-7-11(16)12(17)8-9/h3-8H,2,18H2,1H3. The lowest BCUT2D eigenvalue weighted by atomic mass is 10.1. The Balaban J connectivity index is 2.30. The average Bonchev–Trinajstić information content (AvgIpc) is 2.45. The summed E-state index contributed by atoms with van der Waals surface area (Å²) in [5.74, 6) is 0.325. The van der Waals surface area contributed by atoms with Gasteiger partial charge in [-0.25, -0.2) is 4.79 Å². The number of nitrogen functional groups attached to an aromatic ring is 1. The highest BCUT2D eigenvalue weighted by Gasteiger charge is 2.15. The fourth-order valence-electron chi connectivity index (χ4n) is 1.69. The molecule has 0 spiro atoms. The zero-order valence-electron chi connectivity index (χ0n) is 11.2. The summed E-state index contributed by atoms with van der Waals surface area (Å²) >= 11 is 11.8. The molecule has 0 heterocycles. The van der Waals surface area contributed by atoms with E-state index < -0.39 is 5.97 Å². The van der Waals surface area contributed by atoms with E-state index >= 15 is 0 Å². The number of anilines is 1. The Morgan fingerprint density at radius 2 is 1.95 bits per heavy atom. The second kappa shape index (κ2) is 6.70. The van der Waals surface area contributed by atoms with Gasteiger partial charge in [-0.1, -0.05) is 29.3 Å². The van der Waals surface area contributed by atoms with Gasteiger partial charge in [0.25, 0.3) is 0 Å². The van der Waals surface area contributed by atoms with Crippen molar-refractivity contribution >= 4 is 34.9 Å². The van der Waals surface area contributed by atoms with Crippen molar-refractivity contribution in [2.45, 2.75) is 6.92 Å². The molecule has 0 saturated heterocycles. The summed E-state index contributed by atoms with van der Waals surface area (Å²) in [6.07, 6.45) is 0. The maximum Gasteiger partial charge on any atom is 0.340 e. The van der Waals surface area contributed by atoms with Crippen LogP contribution >= 0.6 is 23.2 Å². The van der Waals surface area contributed by atoms with Gasteiger partial charge in [0.05, 0.1) is 27.9 Å². The van der Waals surface area contributed by atoms with Crippen LogP contribution in [-0.2, 0) is 4.74 Å². The van der Waals surface area contributed by atoms with Gasteiger partial charge in [-0.3, -0.25) is 0 Å². The van der Waals surface area contributed by atoms with E-state index in [0.29, 0.717) is 21.5 Å². The Kier molecular flexibility index (Phi) is 4.94. The molecule has 6 heteroatoms. The predicted octanol–water partition coefficient (Wildman–Crippen LogP) is 4.54. The van der Waals surface area contributed by atoms with Crippen molar-refractivity contribution in [3.8, 4) is 11.5 Å². The van der Waals surface area contributed by atoms with Crippen LogP contribution in [0.3, 0.4) is 0 Å². The second-order valence-corrected chi connectivity index (χ2v) is 4.93. The number of rotatable bonds is 4. The van der Waals surface area contributed by atoms with E-state index in [2.05, 4.69) is 0 Å². The minimum absolute atomic E-state index is 0.210. The van der Waals surface area contributed by atoms with Gasteiger partial charge in [-0.05, 0) is 31.2 Å². The van der Waals surface area contributed by atoms with Crippen LogP contribution in [0.1, 0.15) is 17.3 Å². The molecule has 110 valence electrons. The van der Waals surface area contributed by atoms with Crippen LogP contribution in [0.4, 0.5) is 5.69 Å². The first-order valence-electron chi connectivity index (χ1n) is 6.21. The maximum absolute atomic E-state index is 11.8. The van der Waals surface area contributed by atoms with Gasteiger partial charge in [0.1, 0.15) is 5.75 Å². The molecule has 0 aliphatic heterocycles. The molecule has 2 N–H and O–H groups in total. The van der Waals surface area contributed by atoms with E-state index in [0.717, 1.165) is 0 Å². The van der Waals surface area contributed by atoms with Gasteiger partial charge < -0.3 is 15.2 Å². The molecule has 2 aromatic rings. The Morgan fingerprint density at radius 1 is 1.19 bits per heavy atom. The summed E-state index contributed by atoms with van der Waals surface area (Å²) in [4.78, 5) is 11.8. The average molecular weight is 326 g/mol. The van der Waals surface area contributed by atoms with Gasteiger partial charge >= 0.3 is 5.97 Å². The van der Waals surface area contributed by atoms with E-state index in [1.54, 1.807) is 43.3 Å². The number of nitrogens with two attached hydrogens (primary N) is 1. The van der Waals surface area contributed by atoms with Crippen molar-refractivity contribution in [2.24, 2.45) is 0 Å². The highest BCUT2D eigenvalue weighted by Crippen LogP contribution is 2.33. The molecule has 0 amide bonds. The fraction of sp³-hybridized carbons (Fsp3) is 0.133. The smallest absolute Gasteiger partial charge is 0.340 e. The van der Waals surface area contributed by atoms with Crippen molar-refractivity contribution in [2.75, 3.05) is 12.3 Å². The number of para-hydroxylation sites is 1. The quantitative estimate of drug-likeness (QED) is 0.662. The molecule has 0 saturated carbocycles. The molecule has 0 radical (unpaired) electrons. The highest BCUT2D eigenvalue weighted by atomic mass is 35.5. The third-order valence-corrected chi connectivity index (χ3v) is 3.42. The normalized spacial score (nSPS) is 10.2. The first kappa shape index (κ1) is 15.5. The zero-order chi connectivity index (χ0) is 15.4. The predicted molar refractivity (Wildman–Crippen MR) is 83.3 cm³/mol. The zero-order valence-corrected chi connectivity index (χ0v) is 12.7. The lowest BCUT2D eigenvalue weighted by Gasteiger charge is -2.12. The van der Waals surface area contributed by atoms with Crippen LogP contribution in [-0.4, -0.2) is 12.6 Å². The van der Waals surface area contributed by atoms with Crippen LogP contribution in [0.5, 0.6) is 11.5 Å². The Labute approximate surface area is 132 Å². The summed E-state index contributed by atoms with van der Waals surface area (Å²) in [6, 6.07) is 9.74. The SMILES string of the molecule is CCOC(=O)c1cccc(Oc2ccc(Cl)c(Cl)c2)c1N. The number of carbonyl (C=O) groups excluding carboxylic acids is 1. The number of benzene rings is 2. The monoisotopic (exact) mass is 325 g/mol. The van der Waals surface area contributed by atoms with Gasteiger partial charge in [0.15, 0.2) is 5.75 Å². The van der Waals surface area contributed by atoms with Gasteiger partial charge in [0, 0.05) is 6.07 Å². The molecule has 2 aromatic carbocycles. The van der Waals surface area contributed by atoms with Gasteiger partial charge in [-0.15, -0.1) is 0 Å².